The summed E-state index contributed by atoms with van der Waals surface area (Å²) >= 11 is 0. The van der Waals surface area contributed by atoms with Crippen molar-refractivity contribution in [3.63, 3.8) is 0 Å². The molecule has 0 radical (unpaired) electrons. The molecule has 0 spiro atoms. The van der Waals surface area contributed by atoms with Gasteiger partial charge in [0.15, 0.2) is 0 Å². The topological polar surface area (TPSA) is 55.9 Å². The van der Waals surface area contributed by atoms with Gasteiger partial charge in [-0.3, -0.25) is 0 Å². The highest BCUT2D eigenvalue weighted by Gasteiger charge is 2.17. The number of rotatable bonds is 5. The van der Waals surface area contributed by atoms with Crippen molar-refractivity contribution in [1.29, 1.82) is 0 Å². The molecule has 5 nitrogen and oxygen atoms in total. The number of anilines is 1. The summed E-state index contributed by atoms with van der Waals surface area (Å²) in [5.74, 6) is 1.78. The molecule has 5 heteroatoms. The maximum Gasteiger partial charge on any atom is 0.146 e. The van der Waals surface area contributed by atoms with Crippen LogP contribution >= 0.6 is 0 Å². The van der Waals surface area contributed by atoms with Crippen LogP contribution in [0, 0.1) is 13.8 Å². The molecule has 0 atom stereocenters. The number of nitrogens with one attached hydrogen (secondary N) is 1. The van der Waals surface area contributed by atoms with Crippen LogP contribution in [0.3, 0.4) is 0 Å². The van der Waals surface area contributed by atoms with Gasteiger partial charge in [-0.25, -0.2) is 9.97 Å². The predicted octanol–water partition coefficient (Wildman–Crippen LogP) is 4.30. The Labute approximate surface area is 146 Å². The standard InChI is InChI=1S/C20H20N4O/c1-14-15(2)24(12-17-9-6-10-25-17)20-18(14)19(22-13-23-20)21-11-16-7-4-3-5-8-16/h3-10,13H,11-12H2,1-2H3,(H,21,22,23). The molecule has 0 fully saturated rings. The Kier molecular flexibility index (Phi) is 3.98. The van der Waals surface area contributed by atoms with Crippen molar-refractivity contribution >= 4 is 16.9 Å². The molecule has 0 aliphatic carbocycles. The number of benzene rings is 1. The SMILES string of the molecule is Cc1c(C)n(Cc2ccco2)c2ncnc(NCc3ccccc3)c12. The lowest BCUT2D eigenvalue weighted by molar-refractivity contribution is 0.494. The van der Waals surface area contributed by atoms with Crippen LogP contribution < -0.4 is 5.32 Å². The molecule has 0 saturated heterocycles. The van der Waals surface area contributed by atoms with E-state index in [1.54, 1.807) is 12.6 Å². The van der Waals surface area contributed by atoms with Crippen LogP contribution in [-0.4, -0.2) is 14.5 Å². The highest BCUT2D eigenvalue weighted by Crippen LogP contribution is 2.29. The van der Waals surface area contributed by atoms with Crippen molar-refractivity contribution < 1.29 is 4.42 Å². The number of aryl methyl sites for hydroxylation is 1. The molecule has 0 unspecified atom stereocenters. The van der Waals surface area contributed by atoms with Crippen LogP contribution in [0.15, 0.2) is 59.5 Å². The van der Waals surface area contributed by atoms with Crippen LogP contribution in [0.1, 0.15) is 22.6 Å². The maximum atomic E-state index is 5.51. The highest BCUT2D eigenvalue weighted by atomic mass is 16.3. The molecule has 4 aromatic rings. The van der Waals surface area contributed by atoms with Crippen LogP contribution in [0.4, 0.5) is 5.82 Å². The van der Waals surface area contributed by atoms with Gasteiger partial charge in [0.1, 0.15) is 23.6 Å². The molecule has 4 rings (SSSR count). The molecular weight excluding hydrogens is 312 g/mol. The largest absolute Gasteiger partial charge is 0.467 e. The van der Waals surface area contributed by atoms with Crippen LogP contribution in [0.25, 0.3) is 11.0 Å². The van der Waals surface area contributed by atoms with E-state index in [1.807, 2.05) is 30.3 Å². The molecule has 1 aromatic carbocycles. The molecule has 3 heterocycles. The minimum atomic E-state index is 0.665. The summed E-state index contributed by atoms with van der Waals surface area (Å²) in [7, 11) is 0. The second-order valence-corrected chi connectivity index (χ2v) is 6.14. The third-order valence-electron chi connectivity index (χ3n) is 4.60. The molecule has 0 saturated carbocycles. The average Bonchev–Trinajstić information content (AvgIpc) is 3.24. The summed E-state index contributed by atoms with van der Waals surface area (Å²) in [5.41, 5.74) is 4.52. The minimum Gasteiger partial charge on any atom is -0.467 e. The first-order valence-corrected chi connectivity index (χ1v) is 8.34. The van der Waals surface area contributed by atoms with Gasteiger partial charge in [-0.15, -0.1) is 0 Å². The number of furan rings is 1. The van der Waals surface area contributed by atoms with E-state index in [-0.39, 0.29) is 0 Å². The molecule has 25 heavy (non-hydrogen) atoms. The zero-order valence-electron chi connectivity index (χ0n) is 14.4. The smallest absolute Gasteiger partial charge is 0.146 e. The summed E-state index contributed by atoms with van der Waals surface area (Å²) < 4.78 is 7.69. The van der Waals surface area contributed by atoms with Gasteiger partial charge in [0.05, 0.1) is 18.2 Å². The number of hydrogen-bond donors (Lipinski definition) is 1. The van der Waals surface area contributed by atoms with Gasteiger partial charge >= 0.3 is 0 Å². The monoisotopic (exact) mass is 332 g/mol. The average molecular weight is 332 g/mol. The lowest BCUT2D eigenvalue weighted by atomic mass is 10.2. The first-order chi connectivity index (χ1) is 12.2. The Balaban J connectivity index is 1.71. The van der Waals surface area contributed by atoms with Gasteiger partial charge in [0, 0.05) is 12.2 Å². The van der Waals surface area contributed by atoms with E-state index in [9.17, 15) is 0 Å². The van der Waals surface area contributed by atoms with Crippen molar-refractivity contribution in [1.82, 2.24) is 14.5 Å². The third kappa shape index (κ3) is 2.89. The first-order valence-electron chi connectivity index (χ1n) is 8.34. The predicted molar refractivity (Wildman–Crippen MR) is 98.6 cm³/mol. The summed E-state index contributed by atoms with van der Waals surface area (Å²) in [6, 6.07) is 14.2. The Bertz CT molecular complexity index is 988. The molecule has 0 bridgehead atoms. The Morgan fingerprint density at radius 3 is 2.64 bits per heavy atom. The van der Waals surface area contributed by atoms with Gasteiger partial charge < -0.3 is 14.3 Å². The van der Waals surface area contributed by atoms with Gasteiger partial charge in [0.25, 0.3) is 0 Å². The lowest BCUT2D eigenvalue weighted by Gasteiger charge is -2.08. The van der Waals surface area contributed by atoms with Gasteiger partial charge in [-0.05, 0) is 37.1 Å². The maximum absolute atomic E-state index is 5.51. The fourth-order valence-corrected chi connectivity index (χ4v) is 3.14. The Morgan fingerprint density at radius 1 is 1.04 bits per heavy atom. The third-order valence-corrected chi connectivity index (χ3v) is 4.60. The number of fused-ring (bicyclic) bond motifs is 1. The fraction of sp³-hybridized carbons (Fsp3) is 0.200. The van der Waals surface area contributed by atoms with Crippen molar-refractivity contribution in [3.8, 4) is 0 Å². The first kappa shape index (κ1) is 15.4. The van der Waals surface area contributed by atoms with Gasteiger partial charge in [0.2, 0.25) is 0 Å². The summed E-state index contributed by atoms with van der Waals surface area (Å²) in [5, 5.41) is 4.53. The molecular formula is C20H20N4O. The van der Waals surface area contributed by atoms with Crippen molar-refractivity contribution in [3.05, 3.63) is 77.6 Å². The summed E-state index contributed by atoms with van der Waals surface area (Å²) in [6.45, 7) is 5.63. The van der Waals surface area contributed by atoms with Crippen molar-refractivity contribution in [2.24, 2.45) is 0 Å². The number of aromatic nitrogens is 3. The zero-order valence-corrected chi connectivity index (χ0v) is 14.4. The second-order valence-electron chi connectivity index (χ2n) is 6.14. The number of hydrogen-bond acceptors (Lipinski definition) is 4. The molecule has 126 valence electrons. The van der Waals surface area contributed by atoms with Gasteiger partial charge in [-0.2, -0.15) is 0 Å². The minimum absolute atomic E-state index is 0.665. The van der Waals surface area contributed by atoms with E-state index >= 15 is 0 Å². The van der Waals surface area contributed by atoms with E-state index in [1.165, 1.54) is 16.8 Å². The van der Waals surface area contributed by atoms with E-state index < -0.39 is 0 Å². The van der Waals surface area contributed by atoms with E-state index in [4.69, 9.17) is 4.42 Å². The van der Waals surface area contributed by atoms with Crippen LogP contribution in [0.5, 0.6) is 0 Å². The summed E-state index contributed by atoms with van der Waals surface area (Å²) in [4.78, 5) is 9.00. The molecule has 0 aliphatic heterocycles. The Morgan fingerprint density at radius 2 is 1.88 bits per heavy atom. The van der Waals surface area contributed by atoms with E-state index in [0.717, 1.165) is 29.2 Å². The summed E-state index contributed by atoms with van der Waals surface area (Å²) in [6.07, 6.45) is 3.32. The van der Waals surface area contributed by atoms with E-state index in [2.05, 4.69) is 45.8 Å². The highest BCUT2D eigenvalue weighted by molar-refractivity contribution is 5.91. The quantitative estimate of drug-likeness (QED) is 0.592. The normalized spacial score (nSPS) is 11.1. The Hall–Kier alpha value is -3.08. The van der Waals surface area contributed by atoms with Crippen LogP contribution in [-0.2, 0) is 13.1 Å². The second kappa shape index (κ2) is 6.43. The van der Waals surface area contributed by atoms with Gasteiger partial charge in [-0.1, -0.05) is 30.3 Å². The van der Waals surface area contributed by atoms with Crippen molar-refractivity contribution in [2.45, 2.75) is 26.9 Å². The van der Waals surface area contributed by atoms with Crippen LogP contribution in [0.2, 0.25) is 0 Å². The van der Waals surface area contributed by atoms with Crippen molar-refractivity contribution in [2.75, 3.05) is 5.32 Å². The molecule has 3 aromatic heterocycles. The zero-order chi connectivity index (χ0) is 17.2. The molecule has 0 aliphatic rings. The lowest BCUT2D eigenvalue weighted by Crippen LogP contribution is -2.04. The molecule has 1 N–H and O–H groups in total. The number of nitrogens with zero attached hydrogens (tertiary/aromatic N) is 3. The fourth-order valence-electron chi connectivity index (χ4n) is 3.14. The molecule has 0 amide bonds. The van der Waals surface area contributed by atoms with E-state index in [0.29, 0.717) is 6.54 Å².